The lowest BCUT2D eigenvalue weighted by molar-refractivity contribution is 0.816. The van der Waals surface area contributed by atoms with Crippen LogP contribution in [0.4, 0.5) is 0 Å². The van der Waals surface area contributed by atoms with Gasteiger partial charge in [0, 0.05) is 19.5 Å². The van der Waals surface area contributed by atoms with Crippen LogP contribution in [0.3, 0.4) is 0 Å². The number of benzene rings is 1. The van der Waals surface area contributed by atoms with Gasteiger partial charge >= 0.3 is 0 Å². The van der Waals surface area contributed by atoms with E-state index in [1.54, 1.807) is 0 Å². The van der Waals surface area contributed by atoms with Gasteiger partial charge in [0.15, 0.2) is 0 Å². The highest BCUT2D eigenvalue weighted by Crippen LogP contribution is 2.40. The summed E-state index contributed by atoms with van der Waals surface area (Å²) in [5.41, 5.74) is 9.23. The third-order valence-electron chi connectivity index (χ3n) is 3.17. The number of nitrogens with two attached hydrogens (primary N) is 1. The summed E-state index contributed by atoms with van der Waals surface area (Å²) in [4.78, 5) is 4.69. The predicted octanol–water partition coefficient (Wildman–Crippen LogP) is 1.91. The molecular formula is C12H15N3. The molecule has 0 aliphatic heterocycles. The number of fused-ring (bicyclic) bond motifs is 1. The van der Waals surface area contributed by atoms with Crippen molar-refractivity contribution in [1.29, 1.82) is 0 Å². The van der Waals surface area contributed by atoms with Crippen LogP contribution >= 0.6 is 0 Å². The molecule has 0 radical (unpaired) electrons. The maximum atomic E-state index is 5.74. The van der Waals surface area contributed by atoms with Crippen molar-refractivity contribution in [3.05, 3.63) is 29.6 Å². The lowest BCUT2D eigenvalue weighted by Crippen LogP contribution is -2.01. The first-order valence-electron chi connectivity index (χ1n) is 5.45. The van der Waals surface area contributed by atoms with Gasteiger partial charge in [-0.1, -0.05) is 12.1 Å². The molecule has 2 aromatic rings. The predicted molar refractivity (Wildman–Crippen MR) is 60.6 cm³/mol. The maximum absolute atomic E-state index is 5.74. The van der Waals surface area contributed by atoms with Crippen molar-refractivity contribution in [1.82, 2.24) is 9.55 Å². The summed E-state index contributed by atoms with van der Waals surface area (Å²) in [6.07, 6.45) is 2.57. The van der Waals surface area contributed by atoms with Crippen molar-refractivity contribution in [2.24, 2.45) is 12.8 Å². The largest absolute Gasteiger partial charge is 0.331 e. The zero-order chi connectivity index (χ0) is 10.4. The molecule has 0 unspecified atom stereocenters. The molecule has 0 atom stereocenters. The zero-order valence-corrected chi connectivity index (χ0v) is 8.90. The quantitative estimate of drug-likeness (QED) is 0.806. The lowest BCUT2D eigenvalue weighted by atomic mass is 10.2. The van der Waals surface area contributed by atoms with Crippen molar-refractivity contribution in [2.75, 3.05) is 0 Å². The molecule has 2 N–H and O–H groups in total. The second-order valence-corrected chi connectivity index (χ2v) is 4.29. The van der Waals surface area contributed by atoms with Crippen molar-refractivity contribution in [3.63, 3.8) is 0 Å². The SMILES string of the molecule is Cn1c(C2CC2)nc2cccc(CN)c21. The fourth-order valence-corrected chi connectivity index (χ4v) is 2.24. The summed E-state index contributed by atoms with van der Waals surface area (Å²) in [7, 11) is 2.10. The van der Waals surface area contributed by atoms with E-state index < -0.39 is 0 Å². The molecule has 1 saturated carbocycles. The van der Waals surface area contributed by atoms with Gasteiger partial charge in [0.1, 0.15) is 5.82 Å². The Labute approximate surface area is 88.9 Å². The molecule has 3 rings (SSSR count). The minimum absolute atomic E-state index is 0.584. The molecule has 1 aliphatic rings. The van der Waals surface area contributed by atoms with E-state index in [9.17, 15) is 0 Å². The van der Waals surface area contributed by atoms with Crippen molar-refractivity contribution in [3.8, 4) is 0 Å². The third-order valence-corrected chi connectivity index (χ3v) is 3.17. The van der Waals surface area contributed by atoms with E-state index in [1.165, 1.54) is 29.7 Å². The van der Waals surface area contributed by atoms with Crippen LogP contribution in [0.5, 0.6) is 0 Å². The third kappa shape index (κ3) is 1.27. The average Bonchev–Trinajstić information content (AvgIpc) is 3.04. The van der Waals surface area contributed by atoms with Gasteiger partial charge in [-0.2, -0.15) is 0 Å². The Morgan fingerprint density at radius 1 is 1.47 bits per heavy atom. The molecule has 3 heteroatoms. The van der Waals surface area contributed by atoms with E-state index in [4.69, 9.17) is 10.7 Å². The number of para-hydroxylation sites is 1. The van der Waals surface area contributed by atoms with Crippen LogP contribution in [0.2, 0.25) is 0 Å². The Morgan fingerprint density at radius 3 is 2.93 bits per heavy atom. The Morgan fingerprint density at radius 2 is 2.27 bits per heavy atom. The first-order chi connectivity index (χ1) is 7.31. The molecule has 1 heterocycles. The number of aromatic nitrogens is 2. The van der Waals surface area contributed by atoms with Crippen LogP contribution in [0.15, 0.2) is 18.2 Å². The summed E-state index contributed by atoms with van der Waals surface area (Å²) in [5, 5.41) is 0. The van der Waals surface area contributed by atoms with Gasteiger partial charge in [-0.05, 0) is 24.5 Å². The zero-order valence-electron chi connectivity index (χ0n) is 8.90. The van der Waals surface area contributed by atoms with Crippen molar-refractivity contribution >= 4 is 11.0 Å². The molecule has 15 heavy (non-hydrogen) atoms. The van der Waals surface area contributed by atoms with E-state index in [2.05, 4.69) is 23.7 Å². The van der Waals surface area contributed by atoms with Gasteiger partial charge in [0.2, 0.25) is 0 Å². The Hall–Kier alpha value is -1.35. The van der Waals surface area contributed by atoms with Gasteiger partial charge in [-0.25, -0.2) is 4.98 Å². The number of aryl methyl sites for hydroxylation is 1. The number of hydrogen-bond acceptors (Lipinski definition) is 2. The molecule has 0 spiro atoms. The van der Waals surface area contributed by atoms with E-state index >= 15 is 0 Å². The molecular weight excluding hydrogens is 186 g/mol. The van der Waals surface area contributed by atoms with E-state index in [0.717, 1.165) is 5.52 Å². The van der Waals surface area contributed by atoms with Gasteiger partial charge in [0.25, 0.3) is 0 Å². The first kappa shape index (κ1) is 8.92. The van der Waals surface area contributed by atoms with E-state index in [0.29, 0.717) is 12.5 Å². The Bertz CT molecular complexity index is 509. The summed E-state index contributed by atoms with van der Waals surface area (Å²) in [5.74, 6) is 1.92. The van der Waals surface area contributed by atoms with Gasteiger partial charge in [-0.15, -0.1) is 0 Å². The number of hydrogen-bond donors (Lipinski definition) is 1. The monoisotopic (exact) mass is 201 g/mol. The second-order valence-electron chi connectivity index (χ2n) is 4.29. The first-order valence-corrected chi connectivity index (χ1v) is 5.45. The minimum Gasteiger partial charge on any atom is -0.331 e. The molecule has 78 valence electrons. The lowest BCUT2D eigenvalue weighted by Gasteiger charge is -2.03. The maximum Gasteiger partial charge on any atom is 0.112 e. The summed E-state index contributed by atoms with van der Waals surface area (Å²) >= 11 is 0. The van der Waals surface area contributed by atoms with Crippen molar-refractivity contribution < 1.29 is 0 Å². The summed E-state index contributed by atoms with van der Waals surface area (Å²) < 4.78 is 2.22. The Kier molecular flexibility index (Phi) is 1.83. The smallest absolute Gasteiger partial charge is 0.112 e. The topological polar surface area (TPSA) is 43.8 Å². The molecule has 3 nitrogen and oxygen atoms in total. The summed E-state index contributed by atoms with van der Waals surface area (Å²) in [6.45, 7) is 0.584. The molecule has 0 amide bonds. The minimum atomic E-state index is 0.584. The standard InChI is InChI=1S/C12H15N3/c1-15-11-9(7-13)3-2-4-10(11)14-12(15)8-5-6-8/h2-4,8H,5-7,13H2,1H3. The highest BCUT2D eigenvalue weighted by molar-refractivity contribution is 5.79. The highest BCUT2D eigenvalue weighted by Gasteiger charge is 2.28. The summed E-state index contributed by atoms with van der Waals surface area (Å²) in [6, 6.07) is 6.19. The van der Waals surface area contributed by atoms with Gasteiger partial charge in [-0.3, -0.25) is 0 Å². The van der Waals surface area contributed by atoms with Crippen molar-refractivity contribution in [2.45, 2.75) is 25.3 Å². The molecule has 1 fully saturated rings. The number of nitrogens with zero attached hydrogens (tertiary/aromatic N) is 2. The molecule has 0 bridgehead atoms. The van der Waals surface area contributed by atoms with Crippen LogP contribution in [-0.2, 0) is 13.6 Å². The number of imidazole rings is 1. The van der Waals surface area contributed by atoms with Crippen LogP contribution in [0, 0.1) is 0 Å². The second kappa shape index (κ2) is 3.07. The normalized spacial score (nSPS) is 16.1. The van der Waals surface area contributed by atoms with Crippen LogP contribution in [-0.4, -0.2) is 9.55 Å². The Balaban J connectivity index is 2.29. The molecule has 1 aliphatic carbocycles. The number of rotatable bonds is 2. The highest BCUT2D eigenvalue weighted by atomic mass is 15.1. The molecule has 1 aromatic carbocycles. The van der Waals surface area contributed by atoms with Gasteiger partial charge in [0.05, 0.1) is 11.0 Å². The van der Waals surface area contributed by atoms with Crippen LogP contribution in [0.25, 0.3) is 11.0 Å². The van der Waals surface area contributed by atoms with E-state index in [-0.39, 0.29) is 0 Å². The van der Waals surface area contributed by atoms with Gasteiger partial charge < -0.3 is 10.3 Å². The van der Waals surface area contributed by atoms with Crippen LogP contribution in [0.1, 0.15) is 30.1 Å². The van der Waals surface area contributed by atoms with E-state index in [1.807, 2.05) is 6.07 Å². The fraction of sp³-hybridized carbons (Fsp3) is 0.417. The van der Waals surface area contributed by atoms with Crippen LogP contribution < -0.4 is 5.73 Å². The fourth-order valence-electron chi connectivity index (χ4n) is 2.24. The average molecular weight is 201 g/mol. The molecule has 0 saturated heterocycles. The molecule has 1 aromatic heterocycles.